The van der Waals surface area contributed by atoms with E-state index in [1.165, 1.54) is 0 Å². The molecule has 0 radical (unpaired) electrons. The fourth-order valence-electron chi connectivity index (χ4n) is 1.33. The number of nitrogens with zero attached hydrogens (tertiary/aromatic N) is 1. The van der Waals surface area contributed by atoms with Gasteiger partial charge in [0.15, 0.2) is 0 Å². The summed E-state index contributed by atoms with van der Waals surface area (Å²) in [6.07, 6.45) is 0.387. The van der Waals surface area contributed by atoms with E-state index in [-0.39, 0.29) is 5.91 Å². The van der Waals surface area contributed by atoms with Crippen LogP contribution in [-0.2, 0) is 9.59 Å². The average molecular weight is 186 g/mol. The molecule has 1 rings (SSSR count). The predicted octanol–water partition coefficient (Wildman–Crippen LogP) is -0.719. The van der Waals surface area contributed by atoms with Crippen molar-refractivity contribution in [1.82, 2.24) is 10.2 Å². The maximum Gasteiger partial charge on any atom is 0.320 e. The van der Waals surface area contributed by atoms with E-state index in [1.807, 2.05) is 0 Å². The van der Waals surface area contributed by atoms with E-state index in [0.29, 0.717) is 26.1 Å². The van der Waals surface area contributed by atoms with Crippen LogP contribution in [-0.4, -0.2) is 47.6 Å². The minimum Gasteiger partial charge on any atom is -0.480 e. The summed E-state index contributed by atoms with van der Waals surface area (Å²) in [5.74, 6) is -0.838. The molecule has 0 aromatic carbocycles. The number of amides is 1. The normalized spacial score (nSPS) is 21.8. The first kappa shape index (κ1) is 9.98. The minimum absolute atomic E-state index is 0.0000822. The highest BCUT2D eigenvalue weighted by atomic mass is 16.4. The molecule has 0 bridgehead atoms. The van der Waals surface area contributed by atoms with Gasteiger partial charge in [0, 0.05) is 26.1 Å². The lowest BCUT2D eigenvalue weighted by Crippen LogP contribution is -2.40. The highest BCUT2D eigenvalue weighted by Crippen LogP contribution is 2.02. The number of rotatable bonds is 2. The van der Waals surface area contributed by atoms with E-state index in [0.717, 1.165) is 0 Å². The maximum atomic E-state index is 10.9. The first-order valence-corrected chi connectivity index (χ1v) is 4.35. The summed E-state index contributed by atoms with van der Waals surface area (Å²) in [6.45, 7) is 3.31. The monoisotopic (exact) mass is 186 g/mol. The van der Waals surface area contributed by atoms with Crippen molar-refractivity contribution in [1.29, 1.82) is 0 Å². The number of carbonyl (C=O) groups excluding carboxylic acids is 1. The molecule has 2 N–H and O–H groups in total. The van der Waals surface area contributed by atoms with Crippen LogP contribution in [0, 0.1) is 0 Å². The fraction of sp³-hybridized carbons (Fsp3) is 0.750. The molecule has 1 unspecified atom stereocenters. The van der Waals surface area contributed by atoms with Crippen LogP contribution in [0.1, 0.15) is 13.3 Å². The molecule has 1 heterocycles. The van der Waals surface area contributed by atoms with E-state index >= 15 is 0 Å². The van der Waals surface area contributed by atoms with Gasteiger partial charge in [0.2, 0.25) is 5.91 Å². The van der Waals surface area contributed by atoms with Crippen LogP contribution in [0.4, 0.5) is 0 Å². The molecule has 0 aromatic heterocycles. The van der Waals surface area contributed by atoms with Crippen molar-refractivity contribution in [3.05, 3.63) is 0 Å². The number of hydrogen-bond acceptors (Lipinski definition) is 3. The quantitative estimate of drug-likeness (QED) is 0.597. The molecule has 0 spiro atoms. The van der Waals surface area contributed by atoms with Crippen molar-refractivity contribution in [3.8, 4) is 0 Å². The summed E-state index contributed by atoms with van der Waals surface area (Å²) in [5.41, 5.74) is 0. The van der Waals surface area contributed by atoms with Gasteiger partial charge in [0.05, 0.1) is 0 Å². The Morgan fingerprint density at radius 3 is 2.92 bits per heavy atom. The Morgan fingerprint density at radius 2 is 2.31 bits per heavy atom. The topological polar surface area (TPSA) is 69.6 Å². The number of aliphatic carboxylic acids is 1. The second-order valence-corrected chi connectivity index (χ2v) is 3.15. The van der Waals surface area contributed by atoms with Gasteiger partial charge in [-0.1, -0.05) is 0 Å². The number of hydrogen-bond donors (Lipinski definition) is 2. The van der Waals surface area contributed by atoms with E-state index < -0.39 is 12.0 Å². The lowest BCUT2D eigenvalue weighted by molar-refractivity contribution is -0.142. The Balaban J connectivity index is 2.50. The van der Waals surface area contributed by atoms with E-state index in [2.05, 4.69) is 5.32 Å². The smallest absolute Gasteiger partial charge is 0.320 e. The lowest BCUT2D eigenvalue weighted by atomic mass is 10.2. The van der Waals surface area contributed by atoms with E-state index in [1.54, 1.807) is 11.8 Å². The molecule has 1 fully saturated rings. The highest BCUT2D eigenvalue weighted by Gasteiger charge is 2.22. The first-order chi connectivity index (χ1) is 6.11. The SMILES string of the molecule is CC(C(=O)O)N1CCNC(=O)CC1. The molecule has 5 nitrogen and oxygen atoms in total. The molecule has 13 heavy (non-hydrogen) atoms. The maximum absolute atomic E-state index is 10.9. The Morgan fingerprint density at radius 1 is 1.62 bits per heavy atom. The molecular weight excluding hydrogens is 172 g/mol. The second kappa shape index (κ2) is 4.23. The number of nitrogens with one attached hydrogen (secondary N) is 1. The van der Waals surface area contributed by atoms with Crippen molar-refractivity contribution < 1.29 is 14.7 Å². The molecule has 0 aliphatic carbocycles. The minimum atomic E-state index is -0.839. The van der Waals surface area contributed by atoms with Gasteiger partial charge in [-0.15, -0.1) is 0 Å². The third-order valence-corrected chi connectivity index (χ3v) is 2.25. The molecule has 1 aliphatic heterocycles. The van der Waals surface area contributed by atoms with Crippen molar-refractivity contribution in [3.63, 3.8) is 0 Å². The Kier molecular flexibility index (Phi) is 3.25. The van der Waals surface area contributed by atoms with Crippen molar-refractivity contribution >= 4 is 11.9 Å². The summed E-state index contributed by atoms with van der Waals surface area (Å²) in [4.78, 5) is 23.4. The second-order valence-electron chi connectivity index (χ2n) is 3.15. The summed E-state index contributed by atoms with van der Waals surface area (Å²) in [5, 5.41) is 11.4. The Hall–Kier alpha value is -1.10. The fourth-order valence-corrected chi connectivity index (χ4v) is 1.33. The molecule has 5 heteroatoms. The largest absolute Gasteiger partial charge is 0.480 e. The van der Waals surface area contributed by atoms with Gasteiger partial charge in [0.1, 0.15) is 6.04 Å². The highest BCUT2D eigenvalue weighted by molar-refractivity contribution is 5.77. The zero-order chi connectivity index (χ0) is 9.84. The third-order valence-electron chi connectivity index (χ3n) is 2.25. The van der Waals surface area contributed by atoms with Crippen molar-refractivity contribution in [2.24, 2.45) is 0 Å². The van der Waals surface area contributed by atoms with E-state index in [9.17, 15) is 9.59 Å². The van der Waals surface area contributed by atoms with Gasteiger partial charge >= 0.3 is 5.97 Å². The molecule has 0 saturated carbocycles. The van der Waals surface area contributed by atoms with Crippen LogP contribution in [0.5, 0.6) is 0 Å². The van der Waals surface area contributed by atoms with Gasteiger partial charge in [-0.05, 0) is 6.92 Å². The van der Waals surface area contributed by atoms with Gasteiger partial charge < -0.3 is 10.4 Å². The zero-order valence-electron chi connectivity index (χ0n) is 7.62. The summed E-state index contributed by atoms with van der Waals surface area (Å²) < 4.78 is 0. The molecule has 1 aliphatic rings. The van der Waals surface area contributed by atoms with Crippen LogP contribution < -0.4 is 5.32 Å². The molecule has 74 valence electrons. The number of carboxylic acid groups (broad SMARTS) is 1. The number of carboxylic acids is 1. The summed E-state index contributed by atoms with van der Waals surface area (Å²) >= 11 is 0. The van der Waals surface area contributed by atoms with Gasteiger partial charge in [-0.25, -0.2) is 0 Å². The van der Waals surface area contributed by atoms with Crippen LogP contribution in [0.3, 0.4) is 0 Å². The standard InChI is InChI=1S/C8H14N2O3/c1-6(8(12)13)10-4-2-7(11)9-3-5-10/h6H,2-5H2,1H3,(H,9,11)(H,12,13). The molecule has 0 aromatic rings. The molecule has 1 atom stereocenters. The van der Waals surface area contributed by atoms with Crippen LogP contribution in [0.15, 0.2) is 0 Å². The first-order valence-electron chi connectivity index (χ1n) is 4.35. The number of carbonyl (C=O) groups is 2. The zero-order valence-corrected chi connectivity index (χ0v) is 7.62. The van der Waals surface area contributed by atoms with Gasteiger partial charge in [-0.3, -0.25) is 14.5 Å². The van der Waals surface area contributed by atoms with Crippen LogP contribution in [0.2, 0.25) is 0 Å². The summed E-state index contributed by atoms with van der Waals surface area (Å²) in [6, 6.07) is -0.507. The van der Waals surface area contributed by atoms with Crippen molar-refractivity contribution in [2.75, 3.05) is 19.6 Å². The Bertz CT molecular complexity index is 217. The van der Waals surface area contributed by atoms with Crippen LogP contribution in [0.25, 0.3) is 0 Å². The van der Waals surface area contributed by atoms with Crippen molar-refractivity contribution in [2.45, 2.75) is 19.4 Å². The molecular formula is C8H14N2O3. The Labute approximate surface area is 76.7 Å². The van der Waals surface area contributed by atoms with Gasteiger partial charge in [-0.2, -0.15) is 0 Å². The third kappa shape index (κ3) is 2.69. The summed E-state index contributed by atoms with van der Waals surface area (Å²) in [7, 11) is 0. The van der Waals surface area contributed by atoms with E-state index in [4.69, 9.17) is 5.11 Å². The lowest BCUT2D eigenvalue weighted by Gasteiger charge is -2.22. The molecule has 1 amide bonds. The van der Waals surface area contributed by atoms with Crippen LogP contribution >= 0.6 is 0 Å². The molecule has 1 saturated heterocycles. The van der Waals surface area contributed by atoms with Gasteiger partial charge in [0.25, 0.3) is 0 Å². The predicted molar refractivity (Wildman–Crippen MR) is 46.3 cm³/mol. The average Bonchev–Trinajstić information content (AvgIpc) is 2.28.